The van der Waals surface area contributed by atoms with E-state index in [2.05, 4.69) is 38.6 Å². The highest BCUT2D eigenvalue weighted by Gasteiger charge is 2.48. The third kappa shape index (κ3) is 4.57. The zero-order valence-electron chi connectivity index (χ0n) is 22.6. The van der Waals surface area contributed by atoms with E-state index in [1.54, 1.807) is 19.5 Å². The van der Waals surface area contributed by atoms with Crippen LogP contribution in [0.15, 0.2) is 67.3 Å². The van der Waals surface area contributed by atoms with Crippen molar-refractivity contribution in [3.8, 4) is 5.75 Å². The molecule has 2 aliphatic heterocycles. The normalized spacial score (nSPS) is 18.8. The van der Waals surface area contributed by atoms with Crippen molar-refractivity contribution in [2.45, 2.75) is 37.3 Å². The van der Waals surface area contributed by atoms with E-state index in [9.17, 15) is 9.90 Å². The van der Waals surface area contributed by atoms with Gasteiger partial charge in [-0.2, -0.15) is 0 Å². The van der Waals surface area contributed by atoms with Gasteiger partial charge in [0.05, 0.1) is 31.7 Å². The highest BCUT2D eigenvalue weighted by Crippen LogP contribution is 2.50. The summed E-state index contributed by atoms with van der Waals surface area (Å²) >= 11 is 0. The standard InChI is InChI=1S/C31H35N5O3/c1-34-26-18-24(39-2)3-4-25(26)29-30(34)27(20-37)36(19-23-7-13-33-14-8-23)21-31(29)9-15-35(16-10-31)28(38)17-22-5-11-32-12-6-22/h3-8,11-14,18,27,37H,9-10,15-17,19-21H2,1-2H3/t27-/m0/s1. The first-order chi connectivity index (χ1) is 19.0. The minimum absolute atomic E-state index is 0.0337. The number of piperidine rings is 1. The van der Waals surface area contributed by atoms with Gasteiger partial charge in [0.2, 0.25) is 5.91 Å². The molecule has 0 saturated carbocycles. The van der Waals surface area contributed by atoms with Crippen LogP contribution in [-0.4, -0.2) is 68.7 Å². The summed E-state index contributed by atoms with van der Waals surface area (Å²) in [6.07, 6.45) is 9.27. The number of rotatable bonds is 6. The first kappa shape index (κ1) is 25.5. The van der Waals surface area contributed by atoms with Crippen molar-refractivity contribution in [3.63, 3.8) is 0 Å². The van der Waals surface area contributed by atoms with E-state index >= 15 is 0 Å². The van der Waals surface area contributed by atoms with Crippen molar-refractivity contribution in [1.82, 2.24) is 24.3 Å². The zero-order chi connectivity index (χ0) is 27.0. The van der Waals surface area contributed by atoms with Gasteiger partial charge >= 0.3 is 0 Å². The summed E-state index contributed by atoms with van der Waals surface area (Å²) in [5.41, 5.74) is 5.64. The number of aromatic nitrogens is 3. The Labute approximate surface area is 228 Å². The van der Waals surface area contributed by atoms with Crippen molar-refractivity contribution in [3.05, 3.63) is 89.6 Å². The molecule has 8 nitrogen and oxygen atoms in total. The van der Waals surface area contributed by atoms with Crippen LogP contribution in [0.4, 0.5) is 0 Å². The van der Waals surface area contributed by atoms with Gasteiger partial charge in [-0.1, -0.05) is 0 Å². The van der Waals surface area contributed by atoms with Crippen LogP contribution in [0.25, 0.3) is 10.9 Å². The number of aryl methyl sites for hydroxylation is 1. The molecule has 1 aromatic carbocycles. The van der Waals surface area contributed by atoms with E-state index in [1.807, 2.05) is 47.6 Å². The number of ether oxygens (including phenoxy) is 1. The van der Waals surface area contributed by atoms with Crippen LogP contribution in [0.1, 0.15) is 41.3 Å². The average Bonchev–Trinajstić information content (AvgIpc) is 3.27. The molecule has 202 valence electrons. The van der Waals surface area contributed by atoms with Crippen LogP contribution < -0.4 is 4.74 Å². The molecule has 0 unspecified atom stereocenters. The lowest BCUT2D eigenvalue weighted by atomic mass is 9.68. The Bertz CT molecular complexity index is 1460. The van der Waals surface area contributed by atoms with E-state index in [1.165, 1.54) is 16.5 Å². The number of likely N-dealkylation sites (tertiary alicyclic amines) is 1. The van der Waals surface area contributed by atoms with Gasteiger partial charge in [0.25, 0.3) is 0 Å². The summed E-state index contributed by atoms with van der Waals surface area (Å²) in [5.74, 6) is 0.983. The molecule has 2 aliphatic rings. The van der Waals surface area contributed by atoms with E-state index in [0.717, 1.165) is 48.5 Å². The molecule has 1 amide bonds. The second-order valence-corrected chi connectivity index (χ2v) is 10.9. The number of amides is 1. The molecule has 0 aliphatic carbocycles. The Kier molecular flexibility index (Phi) is 6.83. The van der Waals surface area contributed by atoms with Crippen LogP contribution >= 0.6 is 0 Å². The molecule has 8 heteroatoms. The quantitative estimate of drug-likeness (QED) is 0.414. The lowest BCUT2D eigenvalue weighted by molar-refractivity contribution is -0.132. The molecule has 3 aromatic heterocycles. The molecule has 39 heavy (non-hydrogen) atoms. The van der Waals surface area contributed by atoms with Crippen molar-refractivity contribution in [2.24, 2.45) is 7.05 Å². The molecular weight excluding hydrogens is 490 g/mol. The summed E-state index contributed by atoms with van der Waals surface area (Å²) in [5, 5.41) is 11.9. The number of benzene rings is 1. The van der Waals surface area contributed by atoms with Gasteiger partial charge < -0.3 is 19.3 Å². The van der Waals surface area contributed by atoms with Gasteiger partial charge in [-0.3, -0.25) is 19.7 Å². The Hall–Kier alpha value is -3.75. The molecular formula is C31H35N5O3. The molecule has 1 fully saturated rings. The molecule has 1 N–H and O–H groups in total. The molecule has 1 saturated heterocycles. The molecule has 0 radical (unpaired) electrons. The predicted molar refractivity (Wildman–Crippen MR) is 149 cm³/mol. The van der Waals surface area contributed by atoms with Gasteiger partial charge in [0.1, 0.15) is 5.75 Å². The second kappa shape index (κ2) is 10.4. The third-order valence-corrected chi connectivity index (χ3v) is 8.73. The lowest BCUT2D eigenvalue weighted by Gasteiger charge is -2.50. The maximum absolute atomic E-state index is 13.2. The first-order valence-electron chi connectivity index (χ1n) is 13.6. The Morgan fingerprint density at radius 3 is 2.33 bits per heavy atom. The number of aliphatic hydroxyl groups excluding tert-OH is 1. The minimum Gasteiger partial charge on any atom is -0.497 e. The summed E-state index contributed by atoms with van der Waals surface area (Å²) in [6, 6.07) is 14.1. The van der Waals surface area contributed by atoms with Crippen LogP contribution in [0.5, 0.6) is 5.75 Å². The van der Waals surface area contributed by atoms with E-state index in [-0.39, 0.29) is 24.0 Å². The minimum atomic E-state index is -0.131. The third-order valence-electron chi connectivity index (χ3n) is 8.73. The van der Waals surface area contributed by atoms with Crippen LogP contribution in [0.3, 0.4) is 0 Å². The lowest BCUT2D eigenvalue weighted by Crippen LogP contribution is -2.54. The molecule has 1 atom stereocenters. The van der Waals surface area contributed by atoms with Gasteiger partial charge in [0.15, 0.2) is 0 Å². The number of methoxy groups -OCH3 is 1. The molecule has 1 spiro atoms. The van der Waals surface area contributed by atoms with Crippen LogP contribution in [0.2, 0.25) is 0 Å². The molecule has 0 bridgehead atoms. The first-order valence-corrected chi connectivity index (χ1v) is 13.6. The predicted octanol–water partition coefficient (Wildman–Crippen LogP) is 3.63. The summed E-state index contributed by atoms with van der Waals surface area (Å²) in [6.45, 7) is 3.01. The number of hydrogen-bond acceptors (Lipinski definition) is 6. The maximum Gasteiger partial charge on any atom is 0.226 e. The Morgan fingerprint density at radius 1 is 1.03 bits per heavy atom. The number of carbonyl (C=O) groups is 1. The van der Waals surface area contributed by atoms with E-state index in [4.69, 9.17) is 4.74 Å². The van der Waals surface area contributed by atoms with E-state index in [0.29, 0.717) is 19.5 Å². The van der Waals surface area contributed by atoms with Crippen molar-refractivity contribution in [1.29, 1.82) is 0 Å². The molecule has 6 rings (SSSR count). The van der Waals surface area contributed by atoms with Crippen molar-refractivity contribution < 1.29 is 14.6 Å². The average molecular weight is 526 g/mol. The Morgan fingerprint density at radius 2 is 1.69 bits per heavy atom. The van der Waals surface area contributed by atoms with Crippen molar-refractivity contribution >= 4 is 16.8 Å². The molecule has 4 aromatic rings. The number of nitrogens with zero attached hydrogens (tertiary/aromatic N) is 5. The zero-order valence-corrected chi connectivity index (χ0v) is 22.6. The SMILES string of the molecule is COc1ccc2c3c(n(C)c2c1)[C@H](CO)N(Cc1ccncc1)CC31CCN(C(=O)Cc2ccncc2)CC1. The van der Waals surface area contributed by atoms with Gasteiger partial charge in [-0.15, -0.1) is 0 Å². The molecule has 5 heterocycles. The van der Waals surface area contributed by atoms with Gasteiger partial charge in [0, 0.05) is 80.6 Å². The highest BCUT2D eigenvalue weighted by molar-refractivity contribution is 5.89. The topological polar surface area (TPSA) is 83.7 Å². The second-order valence-electron chi connectivity index (χ2n) is 10.9. The smallest absolute Gasteiger partial charge is 0.226 e. The number of carbonyl (C=O) groups excluding carboxylic acids is 1. The van der Waals surface area contributed by atoms with Gasteiger partial charge in [-0.05, 0) is 65.9 Å². The monoisotopic (exact) mass is 525 g/mol. The van der Waals surface area contributed by atoms with Crippen molar-refractivity contribution in [2.75, 3.05) is 33.4 Å². The number of fused-ring (bicyclic) bond motifs is 4. The van der Waals surface area contributed by atoms with E-state index < -0.39 is 0 Å². The number of pyridine rings is 2. The maximum atomic E-state index is 13.2. The van der Waals surface area contributed by atoms with Crippen LogP contribution in [-0.2, 0) is 30.2 Å². The number of hydrogen-bond donors (Lipinski definition) is 1. The number of aliphatic hydroxyl groups is 1. The summed E-state index contributed by atoms with van der Waals surface area (Å²) in [7, 11) is 3.79. The summed E-state index contributed by atoms with van der Waals surface area (Å²) in [4.78, 5) is 25.9. The fraction of sp³-hybridized carbons (Fsp3) is 0.387. The Balaban J connectivity index is 1.38. The fourth-order valence-corrected chi connectivity index (χ4v) is 6.73. The fourth-order valence-electron chi connectivity index (χ4n) is 6.73. The van der Waals surface area contributed by atoms with Gasteiger partial charge in [-0.25, -0.2) is 0 Å². The summed E-state index contributed by atoms with van der Waals surface area (Å²) < 4.78 is 7.81. The highest BCUT2D eigenvalue weighted by atomic mass is 16.5. The largest absolute Gasteiger partial charge is 0.497 e. The van der Waals surface area contributed by atoms with Crippen LogP contribution in [0, 0.1) is 0 Å².